The van der Waals surface area contributed by atoms with E-state index < -0.39 is 6.61 Å². The van der Waals surface area contributed by atoms with Gasteiger partial charge in [0.2, 0.25) is 5.95 Å². The van der Waals surface area contributed by atoms with Crippen LogP contribution in [0, 0.1) is 0 Å². The maximum Gasteiger partial charge on any atom is 0.387 e. The lowest BCUT2D eigenvalue weighted by molar-refractivity contribution is -0.0498. The number of aromatic nitrogens is 4. The topological polar surface area (TPSA) is 90.9 Å². The zero-order valence-electron chi connectivity index (χ0n) is 16.1. The van der Waals surface area contributed by atoms with Crippen LogP contribution in [0.15, 0.2) is 48.5 Å². The predicted molar refractivity (Wildman–Crippen MR) is 114 cm³/mol. The number of hydrogen-bond acceptors (Lipinski definition) is 6. The van der Waals surface area contributed by atoms with Gasteiger partial charge in [-0.1, -0.05) is 11.6 Å². The molecule has 2 aromatic heterocycles. The molecule has 31 heavy (non-hydrogen) atoms. The SMILES string of the molecule is Nc1cc(-n2c(C3CC3)nc3ccc(Cl)cc32)nc(Nc2ccc(OC(F)F)cc2)n1. The third-order valence-electron chi connectivity index (χ3n) is 4.88. The first-order chi connectivity index (χ1) is 15.0. The van der Waals surface area contributed by atoms with Gasteiger partial charge in [0.15, 0.2) is 0 Å². The van der Waals surface area contributed by atoms with E-state index in [2.05, 4.69) is 20.0 Å². The van der Waals surface area contributed by atoms with Gasteiger partial charge in [-0.15, -0.1) is 0 Å². The van der Waals surface area contributed by atoms with Crippen LogP contribution in [0.1, 0.15) is 24.6 Å². The van der Waals surface area contributed by atoms with Crippen molar-refractivity contribution in [2.75, 3.05) is 11.1 Å². The van der Waals surface area contributed by atoms with E-state index in [1.165, 1.54) is 12.1 Å². The van der Waals surface area contributed by atoms with Crippen LogP contribution < -0.4 is 15.8 Å². The van der Waals surface area contributed by atoms with E-state index in [1.807, 2.05) is 16.7 Å². The van der Waals surface area contributed by atoms with Crippen LogP contribution in [0.4, 0.5) is 26.2 Å². The molecule has 0 amide bonds. The van der Waals surface area contributed by atoms with Crippen LogP contribution in [0.2, 0.25) is 5.02 Å². The lowest BCUT2D eigenvalue weighted by Gasteiger charge is -2.12. The largest absolute Gasteiger partial charge is 0.435 e. The minimum absolute atomic E-state index is 0.0607. The molecule has 0 atom stereocenters. The van der Waals surface area contributed by atoms with Gasteiger partial charge in [-0.25, -0.2) is 4.98 Å². The van der Waals surface area contributed by atoms with Crippen molar-refractivity contribution in [3.05, 3.63) is 59.4 Å². The lowest BCUT2D eigenvalue weighted by atomic mass is 10.3. The zero-order valence-corrected chi connectivity index (χ0v) is 16.9. The first-order valence-electron chi connectivity index (χ1n) is 9.61. The molecule has 4 aromatic rings. The monoisotopic (exact) mass is 442 g/mol. The Morgan fingerprint density at radius 3 is 2.55 bits per heavy atom. The zero-order chi connectivity index (χ0) is 21.5. The van der Waals surface area contributed by atoms with Gasteiger partial charge in [0.25, 0.3) is 0 Å². The minimum Gasteiger partial charge on any atom is -0.435 e. The molecule has 2 heterocycles. The molecular formula is C21H17ClF2N6O. The highest BCUT2D eigenvalue weighted by Gasteiger charge is 2.30. The Morgan fingerprint density at radius 1 is 1.06 bits per heavy atom. The standard InChI is InChI=1S/C21H17ClF2N6O/c22-12-3-8-15-16(9-12)30(19(27-15)11-1-2-11)18-10-17(25)28-21(29-18)26-13-4-6-14(7-5-13)31-20(23)24/h3-11,20H,1-2H2,(H3,25,26,28,29). The Hall–Kier alpha value is -3.46. The number of fused-ring (bicyclic) bond motifs is 1. The third kappa shape index (κ3) is 4.09. The molecule has 1 aliphatic rings. The molecule has 0 spiro atoms. The Morgan fingerprint density at radius 2 is 1.84 bits per heavy atom. The molecule has 0 aliphatic heterocycles. The summed E-state index contributed by atoms with van der Waals surface area (Å²) in [5.41, 5.74) is 8.32. The molecule has 0 bridgehead atoms. The summed E-state index contributed by atoms with van der Waals surface area (Å²) in [6, 6.07) is 13.3. The molecule has 5 rings (SSSR count). The summed E-state index contributed by atoms with van der Waals surface area (Å²) in [7, 11) is 0. The quantitative estimate of drug-likeness (QED) is 0.422. The number of nitrogens with two attached hydrogens (primary N) is 1. The normalized spacial score (nSPS) is 13.7. The van der Waals surface area contributed by atoms with Crippen molar-refractivity contribution in [2.45, 2.75) is 25.4 Å². The highest BCUT2D eigenvalue weighted by Crippen LogP contribution is 2.42. The van der Waals surface area contributed by atoms with Gasteiger partial charge in [-0.2, -0.15) is 18.7 Å². The van der Waals surface area contributed by atoms with Crippen LogP contribution >= 0.6 is 11.6 Å². The lowest BCUT2D eigenvalue weighted by Crippen LogP contribution is -2.08. The van der Waals surface area contributed by atoms with E-state index >= 15 is 0 Å². The Kier molecular flexibility index (Phi) is 4.82. The molecule has 1 saturated carbocycles. The Balaban J connectivity index is 1.52. The fraction of sp³-hybridized carbons (Fsp3) is 0.190. The van der Waals surface area contributed by atoms with Gasteiger partial charge in [-0.05, 0) is 55.3 Å². The van der Waals surface area contributed by atoms with Gasteiger partial charge in [0.1, 0.15) is 23.2 Å². The van der Waals surface area contributed by atoms with Crippen molar-refractivity contribution >= 4 is 40.1 Å². The molecule has 7 nitrogen and oxygen atoms in total. The van der Waals surface area contributed by atoms with Crippen molar-refractivity contribution in [1.82, 2.24) is 19.5 Å². The van der Waals surface area contributed by atoms with E-state index in [-0.39, 0.29) is 17.5 Å². The van der Waals surface area contributed by atoms with Gasteiger partial charge < -0.3 is 15.8 Å². The average Bonchev–Trinajstić information content (AvgIpc) is 3.49. The Bertz CT molecular complexity index is 1260. The van der Waals surface area contributed by atoms with Gasteiger partial charge in [-0.3, -0.25) is 4.57 Å². The molecule has 0 unspecified atom stereocenters. The van der Waals surface area contributed by atoms with Crippen molar-refractivity contribution in [3.8, 4) is 11.6 Å². The summed E-state index contributed by atoms with van der Waals surface area (Å²) in [6.07, 6.45) is 2.13. The molecule has 3 N–H and O–H groups in total. The smallest absolute Gasteiger partial charge is 0.387 e. The molecule has 1 aliphatic carbocycles. The van der Waals surface area contributed by atoms with Crippen molar-refractivity contribution < 1.29 is 13.5 Å². The summed E-state index contributed by atoms with van der Waals surface area (Å²) in [5.74, 6) is 2.44. The molecular weight excluding hydrogens is 426 g/mol. The molecule has 0 radical (unpaired) electrons. The van der Waals surface area contributed by atoms with E-state index in [0.29, 0.717) is 22.4 Å². The second-order valence-electron chi connectivity index (χ2n) is 7.22. The van der Waals surface area contributed by atoms with Crippen LogP contribution in [-0.4, -0.2) is 26.1 Å². The number of hydrogen-bond donors (Lipinski definition) is 2. The Labute approximate surface area is 180 Å². The maximum absolute atomic E-state index is 12.3. The summed E-state index contributed by atoms with van der Waals surface area (Å²) < 4.78 is 31.0. The van der Waals surface area contributed by atoms with Gasteiger partial charge >= 0.3 is 6.61 Å². The van der Waals surface area contributed by atoms with E-state index in [4.69, 9.17) is 22.3 Å². The molecule has 0 saturated heterocycles. The maximum atomic E-state index is 12.3. The summed E-state index contributed by atoms with van der Waals surface area (Å²) in [4.78, 5) is 13.6. The summed E-state index contributed by atoms with van der Waals surface area (Å²) in [5, 5.41) is 3.65. The van der Waals surface area contributed by atoms with E-state index in [9.17, 15) is 8.78 Å². The number of ether oxygens (including phenoxy) is 1. The van der Waals surface area contributed by atoms with Gasteiger partial charge in [0.05, 0.1) is 11.0 Å². The fourth-order valence-corrected chi connectivity index (χ4v) is 3.56. The number of nitrogen functional groups attached to an aromatic ring is 1. The highest BCUT2D eigenvalue weighted by atomic mass is 35.5. The summed E-state index contributed by atoms with van der Waals surface area (Å²) >= 11 is 6.23. The number of rotatable bonds is 6. The predicted octanol–water partition coefficient (Wildman–Crippen LogP) is 5.27. The van der Waals surface area contributed by atoms with Crippen LogP contribution in [0.5, 0.6) is 5.75 Å². The first kappa shape index (κ1) is 19.5. The summed E-state index contributed by atoms with van der Waals surface area (Å²) in [6.45, 7) is -2.88. The van der Waals surface area contributed by atoms with Crippen molar-refractivity contribution in [1.29, 1.82) is 0 Å². The molecule has 158 valence electrons. The molecule has 1 fully saturated rings. The van der Waals surface area contributed by atoms with Gasteiger partial charge in [0, 0.05) is 22.7 Å². The second-order valence-corrected chi connectivity index (χ2v) is 7.65. The second kappa shape index (κ2) is 7.66. The number of nitrogens with zero attached hydrogens (tertiary/aromatic N) is 4. The van der Waals surface area contributed by atoms with Crippen LogP contribution in [0.25, 0.3) is 16.9 Å². The molecule has 2 aromatic carbocycles. The number of nitrogens with one attached hydrogen (secondary N) is 1. The minimum atomic E-state index is -2.88. The van der Waals surface area contributed by atoms with Crippen LogP contribution in [0.3, 0.4) is 0 Å². The highest BCUT2D eigenvalue weighted by molar-refractivity contribution is 6.31. The number of imidazole rings is 1. The van der Waals surface area contributed by atoms with Crippen molar-refractivity contribution in [2.24, 2.45) is 0 Å². The van der Waals surface area contributed by atoms with E-state index in [1.54, 1.807) is 24.3 Å². The fourth-order valence-electron chi connectivity index (χ4n) is 3.40. The van der Waals surface area contributed by atoms with Crippen molar-refractivity contribution in [3.63, 3.8) is 0 Å². The average molecular weight is 443 g/mol. The number of alkyl halides is 2. The third-order valence-corrected chi connectivity index (χ3v) is 5.12. The number of halogens is 3. The first-order valence-corrected chi connectivity index (χ1v) is 9.99. The van der Waals surface area contributed by atoms with E-state index in [0.717, 1.165) is 29.7 Å². The number of anilines is 3. The number of benzene rings is 2. The molecule has 10 heteroatoms. The van der Waals surface area contributed by atoms with Crippen LogP contribution in [-0.2, 0) is 0 Å².